The van der Waals surface area contributed by atoms with Crippen molar-refractivity contribution >= 4 is 25.3 Å². The highest BCUT2D eigenvalue weighted by Crippen LogP contribution is 2.33. The minimum Gasteiger partial charge on any atom is -0.314 e. The van der Waals surface area contributed by atoms with Gasteiger partial charge in [0.2, 0.25) is 0 Å². The summed E-state index contributed by atoms with van der Waals surface area (Å²) in [5, 5.41) is 4.60. The largest absolute Gasteiger partial charge is 0.327 e. The van der Waals surface area contributed by atoms with Gasteiger partial charge < -0.3 is 4.90 Å². The quantitative estimate of drug-likeness (QED) is 0.554. The second kappa shape index (κ2) is 3.53. The standard InChI is InChI=1S/C10H17FN4O2Si/c1-14-6-7(18(3,4)5)12-13-10(6,11)8(16)15(2)9(14)17/h6,13H,1-5H3. The number of rotatable bonds is 1. The number of fused-ring (bicyclic) bond motifs is 1. The first kappa shape index (κ1) is 13.0. The third-order valence-corrected chi connectivity index (χ3v) is 5.26. The summed E-state index contributed by atoms with van der Waals surface area (Å²) in [6.07, 6.45) is 0. The number of nitrogens with one attached hydrogen (secondary N) is 1. The first-order chi connectivity index (χ1) is 8.10. The zero-order valence-electron chi connectivity index (χ0n) is 11.1. The molecule has 100 valence electrons. The van der Waals surface area contributed by atoms with Crippen LogP contribution in [0.3, 0.4) is 0 Å². The summed E-state index contributed by atoms with van der Waals surface area (Å²) in [5.41, 5.74) is 2.29. The number of likely N-dealkylation sites (N-methyl/N-ethyl adjacent to an activating group) is 2. The highest BCUT2D eigenvalue weighted by atomic mass is 28.3. The molecule has 8 heteroatoms. The molecule has 0 bridgehead atoms. The zero-order chi connectivity index (χ0) is 13.9. The SMILES string of the molecule is CN1C(=O)N(C)C2C([Si](C)(C)C)=NNC2(F)C1=O. The van der Waals surface area contributed by atoms with Gasteiger partial charge in [-0.3, -0.25) is 15.1 Å². The third-order valence-electron chi connectivity index (χ3n) is 3.34. The number of carbonyl (C=O) groups is 2. The number of halogens is 1. The van der Waals surface area contributed by atoms with Crippen molar-refractivity contribution < 1.29 is 14.0 Å². The monoisotopic (exact) mass is 272 g/mol. The van der Waals surface area contributed by atoms with Crippen LogP contribution in [0.1, 0.15) is 0 Å². The zero-order valence-corrected chi connectivity index (χ0v) is 12.1. The third kappa shape index (κ3) is 1.48. The fraction of sp³-hybridized carbons (Fsp3) is 0.700. The molecule has 2 heterocycles. The number of hydrogen-bond donors (Lipinski definition) is 1. The van der Waals surface area contributed by atoms with Gasteiger partial charge in [-0.05, 0) is 0 Å². The number of amides is 3. The molecular weight excluding hydrogens is 255 g/mol. The van der Waals surface area contributed by atoms with Crippen LogP contribution in [0.4, 0.5) is 9.18 Å². The van der Waals surface area contributed by atoms with Crippen LogP contribution < -0.4 is 5.43 Å². The lowest BCUT2D eigenvalue weighted by Gasteiger charge is -2.42. The van der Waals surface area contributed by atoms with Gasteiger partial charge in [0.15, 0.2) is 0 Å². The highest BCUT2D eigenvalue weighted by Gasteiger charge is 2.63. The maximum atomic E-state index is 14.8. The highest BCUT2D eigenvalue weighted by molar-refractivity contribution is 7.05. The molecule has 2 rings (SSSR count). The molecule has 2 atom stereocenters. The van der Waals surface area contributed by atoms with Gasteiger partial charge in [0, 0.05) is 19.4 Å². The van der Waals surface area contributed by atoms with Crippen molar-refractivity contribution in [1.82, 2.24) is 15.2 Å². The molecule has 3 amide bonds. The van der Waals surface area contributed by atoms with Crippen molar-refractivity contribution in [3.8, 4) is 0 Å². The number of nitrogens with zero attached hydrogens (tertiary/aromatic N) is 3. The Labute approximate surface area is 106 Å². The van der Waals surface area contributed by atoms with E-state index in [9.17, 15) is 14.0 Å². The van der Waals surface area contributed by atoms with E-state index in [4.69, 9.17) is 0 Å². The summed E-state index contributed by atoms with van der Waals surface area (Å²) in [5.74, 6) is -3.21. The molecule has 1 saturated heterocycles. The van der Waals surface area contributed by atoms with E-state index in [0.717, 1.165) is 4.90 Å². The maximum Gasteiger partial charge on any atom is 0.327 e. The van der Waals surface area contributed by atoms with Crippen molar-refractivity contribution in [2.75, 3.05) is 14.1 Å². The minimum absolute atomic E-state index is 0.507. The molecule has 6 nitrogen and oxygen atoms in total. The van der Waals surface area contributed by atoms with Gasteiger partial charge in [-0.15, -0.1) is 0 Å². The van der Waals surface area contributed by atoms with Crippen LogP contribution in [0.15, 0.2) is 5.10 Å². The van der Waals surface area contributed by atoms with Crippen LogP contribution >= 0.6 is 0 Å². The van der Waals surface area contributed by atoms with Gasteiger partial charge in [0.05, 0.1) is 0 Å². The number of carbonyl (C=O) groups excluding carboxylic acids is 2. The lowest BCUT2D eigenvalue weighted by molar-refractivity contribution is -0.148. The molecule has 0 saturated carbocycles. The van der Waals surface area contributed by atoms with Crippen molar-refractivity contribution in [3.05, 3.63) is 0 Å². The van der Waals surface area contributed by atoms with Crippen molar-refractivity contribution in [3.63, 3.8) is 0 Å². The Morgan fingerprint density at radius 3 is 2.39 bits per heavy atom. The Morgan fingerprint density at radius 2 is 1.89 bits per heavy atom. The smallest absolute Gasteiger partial charge is 0.314 e. The maximum absolute atomic E-state index is 14.8. The minimum atomic E-state index is -2.33. The van der Waals surface area contributed by atoms with Crippen LogP contribution in [0.25, 0.3) is 0 Å². The molecule has 0 aromatic rings. The van der Waals surface area contributed by atoms with E-state index in [2.05, 4.69) is 10.5 Å². The van der Waals surface area contributed by atoms with E-state index < -0.39 is 31.8 Å². The van der Waals surface area contributed by atoms with Gasteiger partial charge in [-0.1, -0.05) is 19.6 Å². The Morgan fingerprint density at radius 1 is 1.33 bits per heavy atom. The molecule has 0 radical (unpaired) electrons. The first-order valence-electron chi connectivity index (χ1n) is 5.70. The molecular formula is C10H17FN4O2Si. The molecule has 0 aliphatic carbocycles. The topological polar surface area (TPSA) is 65.0 Å². The lowest BCUT2D eigenvalue weighted by Crippen LogP contribution is -2.72. The van der Waals surface area contributed by atoms with Gasteiger partial charge in [0.1, 0.15) is 14.1 Å². The Kier molecular flexibility index (Phi) is 2.55. The van der Waals surface area contributed by atoms with Crippen LogP contribution in [0.5, 0.6) is 0 Å². The Balaban J connectivity index is 2.49. The van der Waals surface area contributed by atoms with Crippen molar-refractivity contribution in [2.45, 2.75) is 31.5 Å². The van der Waals surface area contributed by atoms with Crippen LogP contribution in [-0.2, 0) is 4.79 Å². The second-order valence-electron chi connectivity index (χ2n) is 5.73. The number of imide groups is 1. The van der Waals surface area contributed by atoms with Gasteiger partial charge >= 0.3 is 6.03 Å². The van der Waals surface area contributed by atoms with Gasteiger partial charge in [0.25, 0.3) is 11.7 Å². The molecule has 2 aliphatic rings. The molecule has 1 N–H and O–H groups in total. The Bertz CT molecular complexity index is 461. The molecule has 18 heavy (non-hydrogen) atoms. The summed E-state index contributed by atoms with van der Waals surface area (Å²) in [4.78, 5) is 25.9. The van der Waals surface area contributed by atoms with E-state index in [0.29, 0.717) is 5.33 Å². The normalized spacial score (nSPS) is 32.3. The van der Waals surface area contributed by atoms with Crippen LogP contribution in [-0.4, -0.2) is 61.1 Å². The average Bonchev–Trinajstić information content (AvgIpc) is 2.63. The first-order valence-corrected chi connectivity index (χ1v) is 9.20. The summed E-state index contributed by atoms with van der Waals surface area (Å²) in [6.45, 7) is 6.00. The molecule has 0 aromatic heterocycles. The number of alkyl halides is 1. The van der Waals surface area contributed by atoms with Crippen LogP contribution in [0, 0.1) is 0 Å². The second-order valence-corrected chi connectivity index (χ2v) is 10.7. The summed E-state index contributed by atoms with van der Waals surface area (Å²) in [7, 11) is 0.844. The molecule has 2 unspecified atom stereocenters. The van der Waals surface area contributed by atoms with E-state index in [1.807, 2.05) is 19.6 Å². The van der Waals surface area contributed by atoms with E-state index in [1.165, 1.54) is 19.0 Å². The lowest BCUT2D eigenvalue weighted by atomic mass is 10.0. The van der Waals surface area contributed by atoms with Crippen LogP contribution in [0.2, 0.25) is 19.6 Å². The van der Waals surface area contributed by atoms with E-state index >= 15 is 0 Å². The fourth-order valence-electron chi connectivity index (χ4n) is 2.32. The number of hydrogen-bond acceptors (Lipinski definition) is 4. The summed E-state index contributed by atoms with van der Waals surface area (Å²) < 4.78 is 14.8. The molecule has 2 aliphatic heterocycles. The van der Waals surface area contributed by atoms with Gasteiger partial charge in [-0.25, -0.2) is 9.18 Å². The molecule has 0 aromatic carbocycles. The van der Waals surface area contributed by atoms with E-state index in [1.54, 1.807) is 0 Å². The Hall–Kier alpha value is -1.44. The predicted octanol–water partition coefficient (Wildman–Crippen LogP) is 0.381. The molecule has 1 fully saturated rings. The summed E-state index contributed by atoms with van der Waals surface area (Å²) in [6, 6.07) is -1.44. The number of hydrazone groups is 1. The van der Waals surface area contributed by atoms with Crippen molar-refractivity contribution in [2.24, 2.45) is 5.10 Å². The number of urea groups is 1. The van der Waals surface area contributed by atoms with E-state index in [-0.39, 0.29) is 0 Å². The average molecular weight is 272 g/mol. The summed E-state index contributed by atoms with van der Waals surface area (Å²) >= 11 is 0. The van der Waals surface area contributed by atoms with Crippen molar-refractivity contribution in [1.29, 1.82) is 0 Å². The van der Waals surface area contributed by atoms with Gasteiger partial charge in [-0.2, -0.15) is 5.10 Å². The predicted molar refractivity (Wildman–Crippen MR) is 67.5 cm³/mol. The fourth-order valence-corrected chi connectivity index (χ4v) is 3.93. The molecule has 0 spiro atoms.